The van der Waals surface area contributed by atoms with Crippen LogP contribution in [0.2, 0.25) is 0 Å². The van der Waals surface area contributed by atoms with Crippen molar-refractivity contribution >= 4 is 0 Å². The number of nitrogens with zero attached hydrogens (tertiary/aromatic N) is 4. The fourth-order valence-electron chi connectivity index (χ4n) is 2.02. The van der Waals surface area contributed by atoms with E-state index in [1.165, 1.54) is 5.56 Å². The van der Waals surface area contributed by atoms with Gasteiger partial charge >= 0.3 is 0 Å². The van der Waals surface area contributed by atoms with Gasteiger partial charge in [0.2, 0.25) is 0 Å². The highest BCUT2D eigenvalue weighted by molar-refractivity contribution is 5.59. The molecule has 0 amide bonds. The van der Waals surface area contributed by atoms with E-state index in [0.29, 0.717) is 6.54 Å². The minimum absolute atomic E-state index is 0.665. The molecule has 0 aliphatic heterocycles. The zero-order chi connectivity index (χ0) is 13.8. The maximum Gasteiger partial charge on any atom is 0.160 e. The van der Waals surface area contributed by atoms with Gasteiger partial charge in [0.05, 0.1) is 5.69 Å². The molecule has 2 aromatic heterocycles. The molecule has 100 valence electrons. The second-order valence-electron chi connectivity index (χ2n) is 4.48. The normalized spacial score (nSPS) is 10.7. The molecule has 3 rings (SSSR count). The van der Waals surface area contributed by atoms with Crippen molar-refractivity contribution < 1.29 is 0 Å². The van der Waals surface area contributed by atoms with Crippen LogP contribution in [0.15, 0.2) is 55.1 Å². The van der Waals surface area contributed by atoms with Crippen LogP contribution in [0.5, 0.6) is 0 Å². The summed E-state index contributed by atoms with van der Waals surface area (Å²) < 4.78 is 1.82. The minimum Gasteiger partial charge on any atom is -0.330 e. The third kappa shape index (κ3) is 2.57. The third-order valence-corrected chi connectivity index (χ3v) is 3.10. The first-order valence-corrected chi connectivity index (χ1v) is 6.48. The molecule has 2 heterocycles. The Hall–Kier alpha value is -2.53. The standard InChI is InChI=1S/C15H15N5/c16-8-7-12-1-3-13(4-2-12)14-5-6-15(19-18-14)20-10-9-17-11-20/h1-6,9-11H,7-8,16H2. The fraction of sp³-hybridized carbons (Fsp3) is 0.133. The van der Waals surface area contributed by atoms with E-state index in [0.717, 1.165) is 23.5 Å². The maximum absolute atomic E-state index is 5.54. The van der Waals surface area contributed by atoms with Gasteiger partial charge in [-0.3, -0.25) is 4.57 Å². The average Bonchev–Trinajstić information content (AvgIpc) is 3.03. The summed E-state index contributed by atoms with van der Waals surface area (Å²) in [5.41, 5.74) is 8.68. The average molecular weight is 265 g/mol. The predicted molar refractivity (Wildman–Crippen MR) is 77.3 cm³/mol. The van der Waals surface area contributed by atoms with Gasteiger partial charge in [-0.25, -0.2) is 4.98 Å². The molecule has 2 N–H and O–H groups in total. The molecular weight excluding hydrogens is 250 g/mol. The lowest BCUT2D eigenvalue weighted by molar-refractivity contribution is 0.916. The Morgan fingerprint density at radius 3 is 2.45 bits per heavy atom. The van der Waals surface area contributed by atoms with Crippen molar-refractivity contribution in [1.82, 2.24) is 19.7 Å². The SMILES string of the molecule is NCCc1ccc(-c2ccc(-n3ccnc3)nn2)cc1. The summed E-state index contributed by atoms with van der Waals surface area (Å²) in [7, 11) is 0. The Bertz CT molecular complexity index is 656. The number of nitrogens with two attached hydrogens (primary N) is 1. The molecule has 0 bridgehead atoms. The lowest BCUT2D eigenvalue weighted by atomic mass is 10.1. The van der Waals surface area contributed by atoms with E-state index in [9.17, 15) is 0 Å². The van der Waals surface area contributed by atoms with Crippen LogP contribution in [-0.2, 0) is 6.42 Å². The number of imidazole rings is 1. The number of hydrogen-bond acceptors (Lipinski definition) is 4. The first kappa shape index (κ1) is 12.5. The van der Waals surface area contributed by atoms with E-state index in [1.54, 1.807) is 12.5 Å². The number of hydrogen-bond donors (Lipinski definition) is 1. The topological polar surface area (TPSA) is 69.6 Å². The van der Waals surface area contributed by atoms with Crippen LogP contribution in [0.1, 0.15) is 5.56 Å². The Kier molecular flexibility index (Phi) is 3.52. The van der Waals surface area contributed by atoms with Crippen molar-refractivity contribution in [2.24, 2.45) is 5.73 Å². The van der Waals surface area contributed by atoms with Gasteiger partial charge in [0.25, 0.3) is 0 Å². The fourth-order valence-corrected chi connectivity index (χ4v) is 2.02. The molecule has 0 saturated heterocycles. The van der Waals surface area contributed by atoms with Gasteiger partial charge < -0.3 is 5.73 Å². The third-order valence-electron chi connectivity index (χ3n) is 3.10. The summed E-state index contributed by atoms with van der Waals surface area (Å²) in [6.45, 7) is 0.665. The van der Waals surface area contributed by atoms with E-state index < -0.39 is 0 Å². The van der Waals surface area contributed by atoms with Crippen LogP contribution < -0.4 is 5.73 Å². The summed E-state index contributed by atoms with van der Waals surface area (Å²) in [5, 5.41) is 8.47. The van der Waals surface area contributed by atoms with Gasteiger partial charge in [-0.05, 0) is 30.7 Å². The van der Waals surface area contributed by atoms with Crippen LogP contribution in [-0.4, -0.2) is 26.3 Å². The Labute approximate surface area is 117 Å². The highest BCUT2D eigenvalue weighted by Crippen LogP contribution is 2.17. The van der Waals surface area contributed by atoms with Crippen LogP contribution in [0.25, 0.3) is 17.1 Å². The van der Waals surface area contributed by atoms with Crippen molar-refractivity contribution in [3.05, 3.63) is 60.7 Å². The van der Waals surface area contributed by atoms with Crippen molar-refractivity contribution in [3.8, 4) is 17.1 Å². The lowest BCUT2D eigenvalue weighted by Crippen LogP contribution is -2.02. The molecule has 20 heavy (non-hydrogen) atoms. The maximum atomic E-state index is 5.54. The molecule has 0 atom stereocenters. The molecule has 0 unspecified atom stereocenters. The number of rotatable bonds is 4. The van der Waals surface area contributed by atoms with Gasteiger partial charge in [-0.15, -0.1) is 10.2 Å². The van der Waals surface area contributed by atoms with Crippen LogP contribution in [0.4, 0.5) is 0 Å². The van der Waals surface area contributed by atoms with Crippen molar-refractivity contribution in [3.63, 3.8) is 0 Å². The largest absolute Gasteiger partial charge is 0.330 e. The van der Waals surface area contributed by atoms with E-state index >= 15 is 0 Å². The zero-order valence-electron chi connectivity index (χ0n) is 11.0. The summed E-state index contributed by atoms with van der Waals surface area (Å²) in [6.07, 6.45) is 6.15. The van der Waals surface area contributed by atoms with Gasteiger partial charge in [0.1, 0.15) is 6.33 Å². The molecule has 5 heteroatoms. The molecule has 1 aromatic carbocycles. The Morgan fingerprint density at radius 2 is 1.85 bits per heavy atom. The van der Waals surface area contributed by atoms with Crippen LogP contribution in [0, 0.1) is 0 Å². The Morgan fingerprint density at radius 1 is 1.00 bits per heavy atom. The minimum atomic E-state index is 0.665. The number of aromatic nitrogens is 4. The van der Waals surface area contributed by atoms with Crippen LogP contribution >= 0.6 is 0 Å². The summed E-state index contributed by atoms with van der Waals surface area (Å²) in [4.78, 5) is 3.99. The molecule has 0 aliphatic rings. The van der Waals surface area contributed by atoms with E-state index in [2.05, 4.69) is 27.3 Å². The van der Waals surface area contributed by atoms with Crippen LogP contribution in [0.3, 0.4) is 0 Å². The highest BCUT2D eigenvalue weighted by Gasteiger charge is 2.02. The van der Waals surface area contributed by atoms with Gasteiger partial charge in [0, 0.05) is 18.0 Å². The second kappa shape index (κ2) is 5.63. The molecule has 0 saturated carbocycles. The van der Waals surface area contributed by atoms with Crippen molar-refractivity contribution in [2.75, 3.05) is 6.54 Å². The van der Waals surface area contributed by atoms with Gasteiger partial charge in [0.15, 0.2) is 5.82 Å². The molecule has 0 fully saturated rings. The molecule has 3 aromatic rings. The second-order valence-corrected chi connectivity index (χ2v) is 4.48. The number of benzene rings is 1. The molecule has 0 aliphatic carbocycles. The van der Waals surface area contributed by atoms with Gasteiger partial charge in [-0.1, -0.05) is 24.3 Å². The lowest BCUT2D eigenvalue weighted by Gasteiger charge is -2.04. The molecule has 0 spiro atoms. The zero-order valence-corrected chi connectivity index (χ0v) is 11.0. The quantitative estimate of drug-likeness (QED) is 0.781. The summed E-state index contributed by atoms with van der Waals surface area (Å²) in [5.74, 6) is 0.756. The molecular formula is C15H15N5. The molecule has 0 radical (unpaired) electrons. The monoisotopic (exact) mass is 265 g/mol. The first-order valence-electron chi connectivity index (χ1n) is 6.48. The Balaban J connectivity index is 1.83. The van der Waals surface area contributed by atoms with E-state index in [-0.39, 0.29) is 0 Å². The van der Waals surface area contributed by atoms with E-state index in [4.69, 9.17) is 5.73 Å². The van der Waals surface area contributed by atoms with Crippen molar-refractivity contribution in [1.29, 1.82) is 0 Å². The van der Waals surface area contributed by atoms with Gasteiger partial charge in [-0.2, -0.15) is 0 Å². The predicted octanol–water partition coefficient (Wildman–Crippen LogP) is 1.83. The summed E-state index contributed by atoms with van der Waals surface area (Å²) >= 11 is 0. The highest BCUT2D eigenvalue weighted by atomic mass is 15.2. The first-order chi connectivity index (χ1) is 9.86. The van der Waals surface area contributed by atoms with E-state index in [1.807, 2.05) is 35.0 Å². The van der Waals surface area contributed by atoms with Crippen molar-refractivity contribution in [2.45, 2.75) is 6.42 Å². The molecule has 5 nitrogen and oxygen atoms in total. The summed E-state index contributed by atoms with van der Waals surface area (Å²) in [6, 6.07) is 12.1. The smallest absolute Gasteiger partial charge is 0.160 e.